The van der Waals surface area contributed by atoms with Crippen molar-refractivity contribution in [2.24, 2.45) is 5.92 Å². The fraction of sp³-hybridized carbons (Fsp3) is 0.640. The highest BCUT2D eigenvalue weighted by Crippen LogP contribution is 2.30. The van der Waals surface area contributed by atoms with E-state index in [4.69, 9.17) is 27.9 Å². The van der Waals surface area contributed by atoms with E-state index >= 15 is 0 Å². The second-order valence-electron chi connectivity index (χ2n) is 10.3. The molecule has 1 aliphatic carbocycles. The first-order chi connectivity index (χ1) is 16.4. The third-order valence-electron chi connectivity index (χ3n) is 6.57. The molecule has 8 nitrogen and oxygen atoms in total. The van der Waals surface area contributed by atoms with E-state index in [1.54, 1.807) is 43.9 Å². The first kappa shape index (κ1) is 27.6. The van der Waals surface area contributed by atoms with Crippen LogP contribution in [0.2, 0.25) is 10.0 Å². The maximum Gasteiger partial charge on any atom is 0.408 e. The van der Waals surface area contributed by atoms with Gasteiger partial charge >= 0.3 is 12.1 Å². The fourth-order valence-electron chi connectivity index (χ4n) is 4.89. The van der Waals surface area contributed by atoms with Crippen molar-refractivity contribution in [2.45, 2.75) is 70.6 Å². The van der Waals surface area contributed by atoms with Crippen molar-refractivity contribution < 1.29 is 24.2 Å². The van der Waals surface area contributed by atoms with Crippen LogP contribution < -0.4 is 5.32 Å². The number of benzene rings is 1. The second kappa shape index (κ2) is 11.8. The molecule has 3 rings (SSSR count). The Hall–Kier alpha value is -2.03. The van der Waals surface area contributed by atoms with Gasteiger partial charge in [0.1, 0.15) is 11.6 Å². The lowest BCUT2D eigenvalue weighted by molar-refractivity contribution is -0.147. The summed E-state index contributed by atoms with van der Waals surface area (Å²) in [5.41, 5.74) is -0.0161. The van der Waals surface area contributed by atoms with Crippen molar-refractivity contribution in [2.75, 3.05) is 26.2 Å². The zero-order chi connectivity index (χ0) is 25.8. The summed E-state index contributed by atoms with van der Waals surface area (Å²) in [4.78, 5) is 41.7. The van der Waals surface area contributed by atoms with Crippen LogP contribution in [0.15, 0.2) is 18.2 Å². The molecule has 1 aliphatic heterocycles. The number of halogens is 2. The van der Waals surface area contributed by atoms with Crippen molar-refractivity contribution in [3.63, 3.8) is 0 Å². The number of carbonyl (C=O) groups excluding carboxylic acids is 2. The Labute approximate surface area is 216 Å². The molecular formula is C25H35Cl2N3O5. The minimum atomic E-state index is -0.864. The third-order valence-corrected chi connectivity index (χ3v) is 7.16. The van der Waals surface area contributed by atoms with E-state index in [-0.39, 0.29) is 24.3 Å². The molecular weight excluding hydrogens is 493 g/mol. The van der Waals surface area contributed by atoms with Crippen molar-refractivity contribution in [3.8, 4) is 0 Å². The lowest BCUT2D eigenvalue weighted by Crippen LogP contribution is -2.58. The smallest absolute Gasteiger partial charge is 0.408 e. The van der Waals surface area contributed by atoms with Crippen LogP contribution in [0, 0.1) is 5.92 Å². The van der Waals surface area contributed by atoms with Crippen molar-refractivity contribution in [1.29, 1.82) is 0 Å². The molecule has 3 unspecified atom stereocenters. The van der Waals surface area contributed by atoms with Gasteiger partial charge in [-0.3, -0.25) is 14.5 Å². The quantitative estimate of drug-likeness (QED) is 0.574. The van der Waals surface area contributed by atoms with E-state index in [1.807, 2.05) is 0 Å². The largest absolute Gasteiger partial charge is 0.481 e. The van der Waals surface area contributed by atoms with Gasteiger partial charge in [0, 0.05) is 48.7 Å². The number of nitrogens with zero attached hydrogens (tertiary/aromatic N) is 2. The number of piperazine rings is 1. The molecule has 35 heavy (non-hydrogen) atoms. The molecule has 2 amide bonds. The molecule has 0 bridgehead atoms. The third kappa shape index (κ3) is 7.72. The monoisotopic (exact) mass is 527 g/mol. The molecule has 3 atom stereocenters. The van der Waals surface area contributed by atoms with Crippen LogP contribution >= 0.6 is 23.2 Å². The second-order valence-corrected chi connectivity index (χ2v) is 11.1. The van der Waals surface area contributed by atoms with Crippen LogP contribution in [0.1, 0.15) is 52.0 Å². The molecule has 194 valence electrons. The molecule has 0 aromatic heterocycles. The zero-order valence-electron chi connectivity index (χ0n) is 20.6. The van der Waals surface area contributed by atoms with Gasteiger partial charge in [0.25, 0.3) is 0 Å². The Bertz CT molecular complexity index is 928. The van der Waals surface area contributed by atoms with Gasteiger partial charge in [-0.05, 0) is 51.3 Å². The molecule has 1 heterocycles. The van der Waals surface area contributed by atoms with E-state index in [0.29, 0.717) is 48.2 Å². The summed E-state index contributed by atoms with van der Waals surface area (Å²) in [7, 11) is 0. The van der Waals surface area contributed by atoms with Crippen LogP contribution in [0.3, 0.4) is 0 Å². The Kier molecular flexibility index (Phi) is 9.29. The highest BCUT2D eigenvalue weighted by molar-refractivity contribution is 6.35. The number of ether oxygens (including phenoxy) is 1. The number of carboxylic acids is 1. The molecule has 2 N–H and O–H groups in total. The Morgan fingerprint density at radius 3 is 2.37 bits per heavy atom. The molecule has 1 aromatic rings. The van der Waals surface area contributed by atoms with Gasteiger partial charge in [-0.1, -0.05) is 42.1 Å². The molecule has 2 aliphatic rings. The van der Waals surface area contributed by atoms with E-state index < -0.39 is 23.7 Å². The summed E-state index contributed by atoms with van der Waals surface area (Å²) in [5, 5.41) is 13.3. The summed E-state index contributed by atoms with van der Waals surface area (Å²) in [6.45, 7) is 7.39. The molecule has 0 radical (unpaired) electrons. The molecule has 2 fully saturated rings. The van der Waals surface area contributed by atoms with Crippen molar-refractivity contribution >= 4 is 41.2 Å². The number of carboxylic acid groups (broad SMARTS) is 1. The summed E-state index contributed by atoms with van der Waals surface area (Å²) in [6.07, 6.45) is 3.05. The number of amides is 2. The summed E-state index contributed by atoms with van der Waals surface area (Å²) in [6, 6.07) is 4.18. The fourth-order valence-corrected chi connectivity index (χ4v) is 5.37. The lowest BCUT2D eigenvalue weighted by atomic mass is 9.83. The maximum absolute atomic E-state index is 13.5. The minimum Gasteiger partial charge on any atom is -0.481 e. The first-order valence-corrected chi connectivity index (χ1v) is 12.9. The van der Waals surface area contributed by atoms with E-state index in [0.717, 1.165) is 19.3 Å². The number of hydrogen-bond donors (Lipinski definition) is 2. The number of hydrogen-bond acceptors (Lipinski definition) is 5. The number of alkyl carbamates (subject to hydrolysis) is 1. The Morgan fingerprint density at radius 2 is 1.77 bits per heavy atom. The topological polar surface area (TPSA) is 99.2 Å². The number of carbonyl (C=O) groups is 3. The predicted molar refractivity (Wildman–Crippen MR) is 135 cm³/mol. The van der Waals surface area contributed by atoms with Gasteiger partial charge in [0.2, 0.25) is 5.91 Å². The summed E-state index contributed by atoms with van der Waals surface area (Å²) in [5.74, 6) is -1.32. The van der Waals surface area contributed by atoms with Crippen molar-refractivity contribution in [3.05, 3.63) is 33.8 Å². The number of aliphatic carboxylic acids is 1. The summed E-state index contributed by atoms with van der Waals surface area (Å²) >= 11 is 12.4. The average molecular weight is 528 g/mol. The molecule has 1 saturated heterocycles. The van der Waals surface area contributed by atoms with Gasteiger partial charge in [-0.25, -0.2) is 4.79 Å². The normalized spacial score (nSPS) is 22.4. The highest BCUT2D eigenvalue weighted by Gasteiger charge is 2.37. The average Bonchev–Trinajstić information content (AvgIpc) is 2.78. The maximum atomic E-state index is 13.5. The Balaban J connectivity index is 1.69. The molecule has 1 saturated carbocycles. The highest BCUT2D eigenvalue weighted by atomic mass is 35.5. The van der Waals surface area contributed by atoms with Crippen LogP contribution in [0.5, 0.6) is 0 Å². The molecule has 1 aromatic carbocycles. The molecule has 10 heteroatoms. The van der Waals surface area contributed by atoms with Gasteiger partial charge in [-0.2, -0.15) is 0 Å². The zero-order valence-corrected chi connectivity index (χ0v) is 22.1. The number of nitrogens with one attached hydrogen (secondary N) is 1. The van der Waals surface area contributed by atoms with Gasteiger partial charge in [-0.15, -0.1) is 0 Å². The van der Waals surface area contributed by atoms with E-state index in [2.05, 4.69) is 10.2 Å². The minimum absolute atomic E-state index is 0.00191. The first-order valence-electron chi connectivity index (χ1n) is 12.1. The predicted octanol–water partition coefficient (Wildman–Crippen LogP) is 4.22. The van der Waals surface area contributed by atoms with Crippen LogP contribution in [0.4, 0.5) is 4.79 Å². The lowest BCUT2D eigenvalue weighted by Gasteiger charge is -2.43. The SMILES string of the molecule is CC(C)(C)OC(=O)NC(Cc1ccc(Cl)cc1Cl)C(=O)N1CCN(C2CCCCC2C(=O)O)CC1. The number of rotatable bonds is 6. The van der Waals surface area contributed by atoms with Gasteiger partial charge < -0.3 is 20.1 Å². The van der Waals surface area contributed by atoms with E-state index in [1.165, 1.54) is 0 Å². The standard InChI is InChI=1S/C25H35Cl2N3O5/c1-25(2,3)35-24(34)28-20(14-16-8-9-17(26)15-19(16)27)22(31)30-12-10-29(11-13-30)21-7-5-4-6-18(21)23(32)33/h8-9,15,18,20-21H,4-7,10-14H2,1-3H3,(H,28,34)(H,32,33). The van der Waals surface area contributed by atoms with E-state index in [9.17, 15) is 19.5 Å². The van der Waals surface area contributed by atoms with Gasteiger partial charge in [0.15, 0.2) is 0 Å². The van der Waals surface area contributed by atoms with Crippen LogP contribution in [-0.4, -0.2) is 76.7 Å². The van der Waals surface area contributed by atoms with Gasteiger partial charge in [0.05, 0.1) is 5.92 Å². The molecule has 0 spiro atoms. The summed E-state index contributed by atoms with van der Waals surface area (Å²) < 4.78 is 5.38. The van der Waals surface area contributed by atoms with Crippen LogP contribution in [0.25, 0.3) is 0 Å². The van der Waals surface area contributed by atoms with Crippen molar-refractivity contribution in [1.82, 2.24) is 15.1 Å². The Morgan fingerprint density at radius 1 is 1.11 bits per heavy atom. The van der Waals surface area contributed by atoms with Crippen LogP contribution in [-0.2, 0) is 20.7 Å².